The molecule has 0 fully saturated rings. The Bertz CT molecular complexity index is 458. The summed E-state index contributed by atoms with van der Waals surface area (Å²) in [4.78, 5) is 2.54. The second-order valence-corrected chi connectivity index (χ2v) is 5.18. The number of rotatable bonds is 0. The molecule has 1 unspecified atom stereocenters. The van der Waals surface area contributed by atoms with E-state index in [1.807, 2.05) is 0 Å². The van der Waals surface area contributed by atoms with Gasteiger partial charge >= 0.3 is 0 Å². The highest BCUT2D eigenvalue weighted by atomic mass is 15.2. The molecule has 15 heavy (non-hydrogen) atoms. The van der Waals surface area contributed by atoms with E-state index >= 15 is 0 Å². The average molecular weight is 199 g/mol. The normalized spacial score (nSPS) is 28.3. The maximum atomic E-state index is 2.54. The van der Waals surface area contributed by atoms with Gasteiger partial charge in [-0.3, -0.25) is 0 Å². The van der Waals surface area contributed by atoms with Crippen LogP contribution in [0.3, 0.4) is 0 Å². The van der Waals surface area contributed by atoms with E-state index in [2.05, 4.69) is 49.9 Å². The molecule has 1 aromatic carbocycles. The molecular weight excluding hydrogens is 182 g/mol. The van der Waals surface area contributed by atoms with Gasteiger partial charge in [0.2, 0.25) is 0 Å². The molecule has 0 aromatic heterocycles. The summed E-state index contributed by atoms with van der Waals surface area (Å²) in [6.07, 6.45) is 2.41. The fraction of sp³-hybridized carbons (Fsp3) is 0.429. The maximum absolute atomic E-state index is 2.54. The topological polar surface area (TPSA) is 3.24 Å². The highest BCUT2D eigenvalue weighted by Crippen LogP contribution is 2.49. The second-order valence-electron chi connectivity index (χ2n) is 5.18. The van der Waals surface area contributed by atoms with Gasteiger partial charge in [-0.15, -0.1) is 0 Å². The van der Waals surface area contributed by atoms with Gasteiger partial charge in [0.05, 0.1) is 0 Å². The van der Waals surface area contributed by atoms with E-state index in [9.17, 15) is 0 Å². The molecule has 0 saturated carbocycles. The van der Waals surface area contributed by atoms with Crippen molar-refractivity contribution in [2.45, 2.75) is 39.2 Å². The lowest BCUT2D eigenvalue weighted by Gasteiger charge is -2.31. The molecule has 0 amide bonds. The molecule has 2 aliphatic rings. The molecule has 2 heterocycles. The quantitative estimate of drug-likeness (QED) is 0.618. The lowest BCUT2D eigenvalue weighted by Crippen LogP contribution is -2.38. The lowest BCUT2D eigenvalue weighted by atomic mass is 9.92. The van der Waals surface area contributed by atoms with Gasteiger partial charge in [0.1, 0.15) is 0 Å². The fourth-order valence-corrected chi connectivity index (χ4v) is 3.28. The second kappa shape index (κ2) is 2.66. The van der Waals surface area contributed by atoms with E-state index in [4.69, 9.17) is 0 Å². The summed E-state index contributed by atoms with van der Waals surface area (Å²) >= 11 is 0. The van der Waals surface area contributed by atoms with Crippen LogP contribution in [-0.4, -0.2) is 5.54 Å². The zero-order valence-electron chi connectivity index (χ0n) is 9.67. The predicted octanol–water partition coefficient (Wildman–Crippen LogP) is 3.51. The molecule has 3 rings (SSSR count). The van der Waals surface area contributed by atoms with Crippen LogP contribution in [0.25, 0.3) is 0 Å². The van der Waals surface area contributed by atoms with Gasteiger partial charge in [0.25, 0.3) is 0 Å². The molecule has 1 aromatic rings. The number of allylic oxidation sites excluding steroid dienone is 1. The Morgan fingerprint density at radius 1 is 1.13 bits per heavy atom. The van der Waals surface area contributed by atoms with Crippen LogP contribution in [0.5, 0.6) is 0 Å². The summed E-state index contributed by atoms with van der Waals surface area (Å²) in [6, 6.07) is 8.81. The van der Waals surface area contributed by atoms with Gasteiger partial charge in [-0.25, -0.2) is 0 Å². The first-order valence-corrected chi connectivity index (χ1v) is 5.66. The Morgan fingerprint density at radius 2 is 1.87 bits per heavy atom. The van der Waals surface area contributed by atoms with Crippen molar-refractivity contribution in [3.63, 3.8) is 0 Å². The van der Waals surface area contributed by atoms with E-state index in [1.165, 1.54) is 29.8 Å². The first-order chi connectivity index (χ1) is 7.12. The molecule has 0 bridgehead atoms. The van der Waals surface area contributed by atoms with Crippen LogP contribution in [0.4, 0.5) is 5.69 Å². The first kappa shape index (κ1) is 9.02. The van der Waals surface area contributed by atoms with Crippen molar-refractivity contribution in [2.75, 3.05) is 4.90 Å². The number of hydrogen-bond acceptors (Lipinski definition) is 1. The number of benzene rings is 1. The minimum Gasteiger partial charge on any atom is -0.339 e. The Kier molecular flexibility index (Phi) is 1.60. The summed E-state index contributed by atoms with van der Waals surface area (Å²) < 4.78 is 0. The van der Waals surface area contributed by atoms with Crippen molar-refractivity contribution in [1.29, 1.82) is 0 Å². The molecule has 0 radical (unpaired) electrons. The Hall–Kier alpha value is -1.24. The van der Waals surface area contributed by atoms with Gasteiger partial charge in [-0.1, -0.05) is 23.8 Å². The number of anilines is 1. The smallest absolute Gasteiger partial charge is 0.0498 e. The molecule has 0 aliphatic carbocycles. The minimum atomic E-state index is 0.317. The van der Waals surface area contributed by atoms with Crippen LogP contribution in [-0.2, 0) is 6.42 Å². The monoisotopic (exact) mass is 199 g/mol. The molecule has 1 atom stereocenters. The van der Waals surface area contributed by atoms with Gasteiger partial charge in [-0.2, -0.15) is 0 Å². The highest BCUT2D eigenvalue weighted by molar-refractivity contribution is 5.68. The number of hydrogen-bond donors (Lipinski definition) is 0. The van der Waals surface area contributed by atoms with Crippen LogP contribution in [0.2, 0.25) is 0 Å². The van der Waals surface area contributed by atoms with Crippen molar-refractivity contribution in [2.24, 2.45) is 0 Å². The molecule has 78 valence electrons. The number of para-hydroxylation sites is 1. The molecule has 0 saturated heterocycles. The molecule has 0 spiro atoms. The largest absolute Gasteiger partial charge is 0.339 e. The Balaban J connectivity index is 2.19. The summed E-state index contributed by atoms with van der Waals surface area (Å²) in [5.74, 6) is 0. The summed E-state index contributed by atoms with van der Waals surface area (Å²) in [6.45, 7) is 6.90. The first-order valence-electron chi connectivity index (χ1n) is 5.66. The lowest BCUT2D eigenvalue weighted by molar-refractivity contribution is 0.497. The molecular formula is C14H17N. The molecule has 2 aliphatic heterocycles. The molecule has 1 heteroatoms. The van der Waals surface area contributed by atoms with Crippen LogP contribution in [0, 0.1) is 0 Å². The molecule has 0 N–H and O–H groups in total. The van der Waals surface area contributed by atoms with Gasteiger partial charge in [-0.05, 0) is 45.2 Å². The third-order valence-corrected chi connectivity index (χ3v) is 3.94. The fourth-order valence-electron chi connectivity index (χ4n) is 3.28. The number of nitrogens with zero attached hydrogens (tertiary/aromatic N) is 1. The summed E-state index contributed by atoms with van der Waals surface area (Å²) in [5.41, 5.74) is 6.26. The Morgan fingerprint density at radius 3 is 2.67 bits per heavy atom. The number of fused-ring (bicyclic) bond motifs is 3. The van der Waals surface area contributed by atoms with Crippen LogP contribution >= 0.6 is 0 Å². The van der Waals surface area contributed by atoms with Crippen molar-refractivity contribution < 1.29 is 0 Å². The average Bonchev–Trinajstić information content (AvgIpc) is 2.58. The van der Waals surface area contributed by atoms with Crippen molar-refractivity contribution >= 4 is 5.69 Å². The zero-order valence-corrected chi connectivity index (χ0v) is 9.67. The van der Waals surface area contributed by atoms with Crippen LogP contribution in [0.15, 0.2) is 35.5 Å². The Labute approximate surface area is 91.4 Å². The van der Waals surface area contributed by atoms with Gasteiger partial charge < -0.3 is 4.90 Å². The van der Waals surface area contributed by atoms with E-state index < -0.39 is 0 Å². The van der Waals surface area contributed by atoms with E-state index in [1.54, 1.807) is 5.57 Å². The van der Waals surface area contributed by atoms with Crippen LogP contribution < -0.4 is 4.90 Å². The predicted molar refractivity (Wildman–Crippen MR) is 64.0 cm³/mol. The van der Waals surface area contributed by atoms with E-state index in [0.717, 1.165) is 0 Å². The third kappa shape index (κ3) is 1.04. The van der Waals surface area contributed by atoms with Crippen LogP contribution in [0.1, 0.15) is 32.8 Å². The zero-order chi connectivity index (χ0) is 10.6. The summed E-state index contributed by atoms with van der Waals surface area (Å²) in [7, 11) is 0. The van der Waals surface area contributed by atoms with E-state index in [0.29, 0.717) is 5.54 Å². The SMILES string of the molecule is CC1=C(C)N2c3ccccc3CC2(C)C1. The van der Waals surface area contributed by atoms with Crippen molar-refractivity contribution in [3.05, 3.63) is 41.1 Å². The standard InChI is InChI=1S/C14H17N/c1-10-8-14(3)9-12-6-4-5-7-13(12)15(14)11(10)2/h4-7H,8-9H2,1-3H3. The van der Waals surface area contributed by atoms with E-state index in [-0.39, 0.29) is 0 Å². The minimum absolute atomic E-state index is 0.317. The van der Waals surface area contributed by atoms with Gasteiger partial charge in [0.15, 0.2) is 0 Å². The van der Waals surface area contributed by atoms with Gasteiger partial charge in [0, 0.05) is 16.9 Å². The third-order valence-electron chi connectivity index (χ3n) is 3.94. The van der Waals surface area contributed by atoms with Crippen molar-refractivity contribution in [3.8, 4) is 0 Å². The molecule has 1 nitrogen and oxygen atoms in total. The highest BCUT2D eigenvalue weighted by Gasteiger charge is 2.44. The summed E-state index contributed by atoms with van der Waals surface area (Å²) in [5, 5.41) is 0. The van der Waals surface area contributed by atoms with Crippen molar-refractivity contribution in [1.82, 2.24) is 0 Å². The maximum Gasteiger partial charge on any atom is 0.0498 e.